The molecule has 0 atom stereocenters. The number of thioether (sulfide) groups is 2. The molecule has 38 heavy (non-hydrogen) atoms. The lowest BCUT2D eigenvalue weighted by Crippen LogP contribution is -2.33. The molecule has 0 saturated heterocycles. The zero-order chi connectivity index (χ0) is 28.0. The Morgan fingerprint density at radius 3 is 1.50 bits per heavy atom. The summed E-state index contributed by atoms with van der Waals surface area (Å²) in [4.78, 5) is 34.9. The Kier molecular flexibility index (Phi) is 14.0. The van der Waals surface area contributed by atoms with Gasteiger partial charge in [-0.25, -0.2) is 9.59 Å². The van der Waals surface area contributed by atoms with E-state index in [1.165, 1.54) is 0 Å². The standard InChI is InChI=1S/C26H38N4O4S4/c1-25(2,3)33-23(31)29-13-15-35-17-19-21(9-7-11-27-19)37-38-22-10-8-12-28-20(22)18-36-16-14-30-24(32)34-26(4,5)6/h7-12H,13-18H2,1-6H3,(H,29,31)(H,30,32). The van der Waals surface area contributed by atoms with Gasteiger partial charge in [-0.15, -0.1) is 0 Å². The van der Waals surface area contributed by atoms with Crippen molar-refractivity contribution in [3.8, 4) is 0 Å². The van der Waals surface area contributed by atoms with Gasteiger partial charge >= 0.3 is 12.2 Å². The maximum atomic E-state index is 11.8. The molecule has 2 heterocycles. The molecule has 2 rings (SSSR count). The highest BCUT2D eigenvalue weighted by Gasteiger charge is 2.16. The molecular weight excluding hydrogens is 561 g/mol. The van der Waals surface area contributed by atoms with Gasteiger partial charge in [0.25, 0.3) is 0 Å². The molecule has 0 radical (unpaired) electrons. The molecule has 2 aromatic rings. The molecule has 0 saturated carbocycles. The van der Waals surface area contributed by atoms with Gasteiger partial charge in [0, 0.05) is 58.3 Å². The van der Waals surface area contributed by atoms with E-state index in [1.807, 2.05) is 53.7 Å². The third kappa shape index (κ3) is 14.4. The number of rotatable bonds is 13. The second-order valence-corrected chi connectivity index (χ2v) is 14.4. The molecule has 0 unspecified atom stereocenters. The quantitative estimate of drug-likeness (QED) is 0.189. The Labute approximate surface area is 242 Å². The molecule has 210 valence electrons. The lowest BCUT2D eigenvalue weighted by Gasteiger charge is -2.19. The first-order chi connectivity index (χ1) is 17.9. The van der Waals surface area contributed by atoms with Gasteiger partial charge in [0.1, 0.15) is 11.2 Å². The molecule has 0 aliphatic carbocycles. The SMILES string of the molecule is CC(C)(C)OC(=O)NCCSCc1ncccc1SSc1cccnc1CSCCNC(=O)OC(C)(C)C. The Morgan fingerprint density at radius 2 is 1.13 bits per heavy atom. The van der Waals surface area contributed by atoms with Crippen molar-refractivity contribution in [3.05, 3.63) is 48.0 Å². The molecule has 0 spiro atoms. The van der Waals surface area contributed by atoms with Crippen molar-refractivity contribution >= 4 is 57.3 Å². The molecule has 0 bridgehead atoms. The number of ether oxygens (including phenoxy) is 2. The molecule has 0 aliphatic heterocycles. The summed E-state index contributed by atoms with van der Waals surface area (Å²) >= 11 is 3.43. The molecule has 12 heteroatoms. The Bertz CT molecular complexity index is 947. The maximum absolute atomic E-state index is 11.8. The minimum Gasteiger partial charge on any atom is -0.444 e. The van der Waals surface area contributed by atoms with E-state index < -0.39 is 23.4 Å². The predicted molar refractivity (Wildman–Crippen MR) is 161 cm³/mol. The van der Waals surface area contributed by atoms with Crippen LogP contribution in [0, 0.1) is 0 Å². The van der Waals surface area contributed by atoms with Gasteiger partial charge in [0.15, 0.2) is 0 Å². The zero-order valence-corrected chi connectivity index (χ0v) is 26.1. The summed E-state index contributed by atoms with van der Waals surface area (Å²) in [7, 11) is 3.34. The van der Waals surface area contributed by atoms with Crippen molar-refractivity contribution in [2.24, 2.45) is 0 Å². The largest absolute Gasteiger partial charge is 0.444 e. The second kappa shape index (κ2) is 16.4. The number of pyridine rings is 2. The van der Waals surface area contributed by atoms with Crippen molar-refractivity contribution in [3.63, 3.8) is 0 Å². The number of nitrogens with one attached hydrogen (secondary N) is 2. The summed E-state index contributed by atoms with van der Waals surface area (Å²) in [5.41, 5.74) is 1.03. The van der Waals surface area contributed by atoms with E-state index in [0.717, 1.165) is 44.2 Å². The highest BCUT2D eigenvalue weighted by Crippen LogP contribution is 2.40. The van der Waals surface area contributed by atoms with Crippen LogP contribution in [-0.4, -0.2) is 58.0 Å². The molecule has 8 nitrogen and oxygen atoms in total. The van der Waals surface area contributed by atoms with Crippen LogP contribution in [0.3, 0.4) is 0 Å². The van der Waals surface area contributed by atoms with Crippen LogP contribution in [0.15, 0.2) is 46.5 Å². The summed E-state index contributed by atoms with van der Waals surface area (Å²) in [5.74, 6) is 3.03. The average Bonchev–Trinajstić information content (AvgIpc) is 2.81. The predicted octanol–water partition coefficient (Wildman–Crippen LogP) is 6.79. The van der Waals surface area contributed by atoms with Crippen LogP contribution in [0.4, 0.5) is 9.59 Å². The van der Waals surface area contributed by atoms with E-state index in [1.54, 1.807) is 57.5 Å². The van der Waals surface area contributed by atoms with Gasteiger partial charge in [-0.3, -0.25) is 9.97 Å². The fourth-order valence-electron chi connectivity index (χ4n) is 2.72. The molecule has 2 N–H and O–H groups in total. The van der Waals surface area contributed by atoms with Crippen molar-refractivity contribution in [1.82, 2.24) is 20.6 Å². The van der Waals surface area contributed by atoms with Gasteiger partial charge in [-0.1, -0.05) is 21.6 Å². The van der Waals surface area contributed by atoms with Crippen molar-refractivity contribution in [2.45, 2.75) is 74.0 Å². The first-order valence-electron chi connectivity index (χ1n) is 12.2. The number of carbonyl (C=O) groups excluding carboxylic acids is 2. The van der Waals surface area contributed by atoms with Crippen LogP contribution in [0.2, 0.25) is 0 Å². The Hall–Kier alpha value is -1.76. The van der Waals surface area contributed by atoms with Crippen molar-refractivity contribution < 1.29 is 19.1 Å². The van der Waals surface area contributed by atoms with Crippen molar-refractivity contribution in [1.29, 1.82) is 0 Å². The van der Waals surface area contributed by atoms with E-state index in [2.05, 4.69) is 32.7 Å². The fourth-order valence-corrected chi connectivity index (χ4v) is 6.87. The van der Waals surface area contributed by atoms with Crippen LogP contribution in [0.25, 0.3) is 0 Å². The highest BCUT2D eigenvalue weighted by molar-refractivity contribution is 8.76. The van der Waals surface area contributed by atoms with Gasteiger partial charge in [0.2, 0.25) is 0 Å². The maximum Gasteiger partial charge on any atom is 0.407 e. The number of amides is 2. The highest BCUT2D eigenvalue weighted by atomic mass is 33.1. The van der Waals surface area contributed by atoms with E-state index in [9.17, 15) is 9.59 Å². The number of hydrogen-bond acceptors (Lipinski definition) is 10. The summed E-state index contributed by atoms with van der Waals surface area (Å²) in [6, 6.07) is 8.04. The molecule has 2 aromatic heterocycles. The van der Waals surface area contributed by atoms with E-state index >= 15 is 0 Å². The van der Waals surface area contributed by atoms with Crippen LogP contribution in [-0.2, 0) is 21.0 Å². The van der Waals surface area contributed by atoms with Crippen LogP contribution >= 0.6 is 45.1 Å². The minimum atomic E-state index is -0.499. The number of nitrogens with zero attached hydrogens (tertiary/aromatic N) is 2. The average molecular weight is 599 g/mol. The molecular formula is C26H38N4O4S4. The Morgan fingerprint density at radius 1 is 0.737 bits per heavy atom. The third-order valence-electron chi connectivity index (χ3n) is 4.22. The molecule has 0 aromatic carbocycles. The Balaban J connectivity index is 1.77. The third-order valence-corrected chi connectivity index (χ3v) is 8.68. The summed E-state index contributed by atoms with van der Waals surface area (Å²) in [6.07, 6.45) is 2.82. The first-order valence-corrected chi connectivity index (χ1v) is 16.7. The van der Waals surface area contributed by atoms with Crippen LogP contribution in [0.1, 0.15) is 52.9 Å². The summed E-state index contributed by atoms with van der Waals surface area (Å²) in [5, 5.41) is 5.57. The number of aromatic nitrogens is 2. The van der Waals surface area contributed by atoms with E-state index in [4.69, 9.17) is 9.47 Å². The topological polar surface area (TPSA) is 102 Å². The number of carbonyl (C=O) groups is 2. The number of alkyl carbamates (subject to hydrolysis) is 2. The van der Waals surface area contributed by atoms with Gasteiger partial charge in [0.05, 0.1) is 11.4 Å². The lowest BCUT2D eigenvalue weighted by atomic mass is 10.2. The molecule has 0 aliphatic rings. The van der Waals surface area contributed by atoms with Crippen molar-refractivity contribution in [2.75, 3.05) is 24.6 Å². The molecule has 2 amide bonds. The zero-order valence-electron chi connectivity index (χ0n) is 22.9. The summed E-state index contributed by atoms with van der Waals surface area (Å²) in [6.45, 7) is 12.2. The minimum absolute atomic E-state index is 0.395. The van der Waals surface area contributed by atoms with E-state index in [0.29, 0.717) is 13.1 Å². The van der Waals surface area contributed by atoms with Gasteiger partial charge in [-0.05, 0) is 65.8 Å². The second-order valence-electron chi connectivity index (χ2n) is 10.0. The smallest absolute Gasteiger partial charge is 0.407 e. The summed E-state index contributed by atoms with van der Waals surface area (Å²) < 4.78 is 10.5. The normalized spacial score (nSPS) is 11.6. The first kappa shape index (κ1) is 32.5. The van der Waals surface area contributed by atoms with Gasteiger partial charge in [-0.2, -0.15) is 23.5 Å². The van der Waals surface area contributed by atoms with E-state index in [-0.39, 0.29) is 0 Å². The fraction of sp³-hybridized carbons (Fsp3) is 0.538. The molecule has 0 fully saturated rings. The number of hydrogen-bond donors (Lipinski definition) is 2. The van der Waals surface area contributed by atoms with Crippen LogP contribution in [0.5, 0.6) is 0 Å². The monoisotopic (exact) mass is 598 g/mol. The van der Waals surface area contributed by atoms with Gasteiger partial charge < -0.3 is 20.1 Å². The van der Waals surface area contributed by atoms with Crippen LogP contribution < -0.4 is 10.6 Å². The lowest BCUT2D eigenvalue weighted by molar-refractivity contribution is 0.0519.